The van der Waals surface area contributed by atoms with E-state index < -0.39 is 0 Å². The molecule has 100 valence electrons. The van der Waals surface area contributed by atoms with Crippen LogP contribution in [0.3, 0.4) is 0 Å². The predicted molar refractivity (Wildman–Crippen MR) is 75.1 cm³/mol. The second-order valence-corrected chi connectivity index (χ2v) is 5.72. The summed E-state index contributed by atoms with van der Waals surface area (Å²) in [6, 6.07) is 8.17. The number of morpholine rings is 1. The molecule has 1 aliphatic heterocycles. The smallest absolute Gasteiger partial charge is 0.0762 e. The number of hydrogen-bond donors (Lipinski definition) is 1. The molecule has 0 bridgehead atoms. The van der Waals surface area contributed by atoms with E-state index in [1.165, 1.54) is 4.90 Å². The van der Waals surface area contributed by atoms with E-state index >= 15 is 0 Å². The summed E-state index contributed by atoms with van der Waals surface area (Å²) in [5.74, 6) is 1.09. The minimum atomic E-state index is -0.384. The van der Waals surface area contributed by atoms with Crippen molar-refractivity contribution in [3.05, 3.63) is 29.8 Å². The van der Waals surface area contributed by atoms with Crippen molar-refractivity contribution in [2.24, 2.45) is 0 Å². The average molecular weight is 267 g/mol. The zero-order chi connectivity index (χ0) is 12.8. The molecule has 1 fully saturated rings. The molecule has 1 unspecified atom stereocenters. The van der Waals surface area contributed by atoms with Crippen LogP contribution in [0.25, 0.3) is 0 Å². The van der Waals surface area contributed by atoms with Gasteiger partial charge in [0.2, 0.25) is 0 Å². The van der Waals surface area contributed by atoms with Crippen LogP contribution in [0.15, 0.2) is 29.2 Å². The molecule has 1 saturated heterocycles. The molecule has 1 atom stereocenters. The van der Waals surface area contributed by atoms with E-state index in [9.17, 15) is 5.11 Å². The third kappa shape index (κ3) is 4.28. The maximum absolute atomic E-state index is 9.55. The minimum Gasteiger partial charge on any atom is -0.389 e. The number of nitrogens with zero attached hydrogens (tertiary/aromatic N) is 1. The second-order valence-electron chi connectivity index (χ2n) is 4.55. The number of ether oxygens (including phenoxy) is 1. The van der Waals surface area contributed by atoms with Gasteiger partial charge in [-0.2, -0.15) is 0 Å². The number of hydrogen-bond acceptors (Lipinski definition) is 4. The van der Waals surface area contributed by atoms with E-state index in [2.05, 4.69) is 17.0 Å². The van der Waals surface area contributed by atoms with Gasteiger partial charge in [-0.25, -0.2) is 0 Å². The molecule has 1 aliphatic rings. The number of aliphatic hydroxyl groups is 1. The molecule has 1 N–H and O–H groups in total. The maximum atomic E-state index is 9.55. The lowest BCUT2D eigenvalue weighted by atomic mass is 10.1. The predicted octanol–water partition coefficient (Wildman–Crippen LogP) is 2.16. The van der Waals surface area contributed by atoms with Gasteiger partial charge in [-0.15, -0.1) is 11.8 Å². The van der Waals surface area contributed by atoms with Gasteiger partial charge in [0.05, 0.1) is 19.3 Å². The van der Waals surface area contributed by atoms with Crippen LogP contribution in [-0.4, -0.2) is 48.6 Å². The Balaban J connectivity index is 1.77. The van der Waals surface area contributed by atoms with E-state index in [0.29, 0.717) is 0 Å². The molecule has 0 aliphatic carbocycles. The van der Waals surface area contributed by atoms with Crippen LogP contribution < -0.4 is 0 Å². The van der Waals surface area contributed by atoms with Crippen LogP contribution in [-0.2, 0) is 4.74 Å². The Morgan fingerprint density at radius 3 is 2.89 bits per heavy atom. The standard InChI is InChI=1S/C14H21NO2S/c1-12(16)13-3-2-4-14(11-13)18-10-7-15-5-8-17-9-6-15/h2-4,11-12,16H,5-10H2,1H3. The highest BCUT2D eigenvalue weighted by Crippen LogP contribution is 2.22. The topological polar surface area (TPSA) is 32.7 Å². The van der Waals surface area contributed by atoms with Crippen molar-refractivity contribution in [3.63, 3.8) is 0 Å². The van der Waals surface area contributed by atoms with E-state index in [-0.39, 0.29) is 6.10 Å². The fourth-order valence-corrected chi connectivity index (χ4v) is 2.96. The molecule has 0 amide bonds. The molecular weight excluding hydrogens is 246 g/mol. The van der Waals surface area contributed by atoms with Crippen molar-refractivity contribution in [1.29, 1.82) is 0 Å². The van der Waals surface area contributed by atoms with E-state index in [1.54, 1.807) is 6.92 Å². The van der Waals surface area contributed by atoms with Crippen LogP contribution in [0.1, 0.15) is 18.6 Å². The molecule has 1 aromatic rings. The number of aliphatic hydroxyl groups excluding tert-OH is 1. The van der Waals surface area contributed by atoms with E-state index in [4.69, 9.17) is 4.74 Å². The van der Waals surface area contributed by atoms with Gasteiger partial charge in [0.25, 0.3) is 0 Å². The Bertz CT molecular complexity index is 365. The number of thioether (sulfide) groups is 1. The molecule has 0 saturated carbocycles. The first-order chi connectivity index (χ1) is 8.75. The fraction of sp³-hybridized carbons (Fsp3) is 0.571. The van der Waals surface area contributed by atoms with Gasteiger partial charge in [-0.1, -0.05) is 12.1 Å². The van der Waals surface area contributed by atoms with Crippen molar-refractivity contribution < 1.29 is 9.84 Å². The Labute approximate surface area is 113 Å². The molecule has 2 rings (SSSR count). The highest BCUT2D eigenvalue weighted by atomic mass is 32.2. The van der Waals surface area contributed by atoms with Crippen LogP contribution in [0.2, 0.25) is 0 Å². The summed E-state index contributed by atoms with van der Waals surface area (Å²) in [4.78, 5) is 3.68. The third-order valence-corrected chi connectivity index (χ3v) is 4.09. The van der Waals surface area contributed by atoms with Gasteiger partial charge >= 0.3 is 0 Å². The van der Waals surface area contributed by atoms with Crippen molar-refractivity contribution in [2.45, 2.75) is 17.9 Å². The van der Waals surface area contributed by atoms with Crippen molar-refractivity contribution in [1.82, 2.24) is 4.90 Å². The Hall–Kier alpha value is -0.550. The zero-order valence-electron chi connectivity index (χ0n) is 10.8. The highest BCUT2D eigenvalue weighted by Gasteiger charge is 2.09. The Morgan fingerprint density at radius 1 is 1.39 bits per heavy atom. The largest absolute Gasteiger partial charge is 0.389 e. The highest BCUT2D eigenvalue weighted by molar-refractivity contribution is 7.99. The monoisotopic (exact) mass is 267 g/mol. The lowest BCUT2D eigenvalue weighted by Gasteiger charge is -2.26. The lowest BCUT2D eigenvalue weighted by Crippen LogP contribution is -2.37. The van der Waals surface area contributed by atoms with Crippen molar-refractivity contribution in [2.75, 3.05) is 38.6 Å². The first kappa shape index (κ1) is 13.9. The summed E-state index contributed by atoms with van der Waals surface area (Å²) in [5.41, 5.74) is 0.992. The summed E-state index contributed by atoms with van der Waals surface area (Å²) in [6.07, 6.45) is -0.384. The average Bonchev–Trinajstić information content (AvgIpc) is 2.40. The van der Waals surface area contributed by atoms with Crippen molar-refractivity contribution >= 4 is 11.8 Å². The van der Waals surface area contributed by atoms with E-state index in [0.717, 1.165) is 44.2 Å². The minimum absolute atomic E-state index is 0.384. The van der Waals surface area contributed by atoms with Crippen LogP contribution in [0.5, 0.6) is 0 Å². The van der Waals surface area contributed by atoms with Gasteiger partial charge in [0, 0.05) is 30.3 Å². The Kier molecular flexibility index (Phi) is 5.50. The molecule has 18 heavy (non-hydrogen) atoms. The lowest BCUT2D eigenvalue weighted by molar-refractivity contribution is 0.0410. The van der Waals surface area contributed by atoms with Crippen LogP contribution >= 0.6 is 11.8 Å². The van der Waals surface area contributed by atoms with Gasteiger partial charge in [-0.3, -0.25) is 4.90 Å². The van der Waals surface area contributed by atoms with Crippen LogP contribution in [0, 0.1) is 0 Å². The summed E-state index contributed by atoms with van der Waals surface area (Å²) in [6.45, 7) is 6.73. The molecule has 0 radical (unpaired) electrons. The molecule has 0 spiro atoms. The summed E-state index contributed by atoms with van der Waals surface area (Å²) in [5, 5.41) is 9.55. The van der Waals surface area contributed by atoms with Gasteiger partial charge in [0.1, 0.15) is 0 Å². The maximum Gasteiger partial charge on any atom is 0.0762 e. The SMILES string of the molecule is CC(O)c1cccc(SCCN2CCOCC2)c1. The molecule has 0 aromatic heterocycles. The quantitative estimate of drug-likeness (QED) is 0.829. The van der Waals surface area contributed by atoms with Gasteiger partial charge < -0.3 is 9.84 Å². The molecular formula is C14H21NO2S. The number of rotatable bonds is 5. The van der Waals surface area contributed by atoms with Crippen LogP contribution in [0.4, 0.5) is 0 Å². The van der Waals surface area contributed by atoms with Gasteiger partial charge in [0.15, 0.2) is 0 Å². The van der Waals surface area contributed by atoms with Crippen molar-refractivity contribution in [3.8, 4) is 0 Å². The number of benzene rings is 1. The summed E-state index contributed by atoms with van der Waals surface area (Å²) >= 11 is 1.85. The third-order valence-electron chi connectivity index (χ3n) is 3.12. The fourth-order valence-electron chi connectivity index (χ4n) is 1.98. The molecule has 3 nitrogen and oxygen atoms in total. The first-order valence-electron chi connectivity index (χ1n) is 6.46. The normalized spacial score (nSPS) is 18.8. The zero-order valence-corrected chi connectivity index (χ0v) is 11.7. The first-order valence-corrected chi connectivity index (χ1v) is 7.45. The van der Waals surface area contributed by atoms with Gasteiger partial charge in [-0.05, 0) is 24.6 Å². The molecule has 1 aromatic carbocycles. The second kappa shape index (κ2) is 7.14. The van der Waals surface area contributed by atoms with E-state index in [1.807, 2.05) is 23.9 Å². The molecule has 1 heterocycles. The Morgan fingerprint density at radius 2 is 2.17 bits per heavy atom. The summed E-state index contributed by atoms with van der Waals surface area (Å²) in [7, 11) is 0. The summed E-state index contributed by atoms with van der Waals surface area (Å²) < 4.78 is 5.33. The molecule has 4 heteroatoms.